The highest BCUT2D eigenvalue weighted by molar-refractivity contribution is 5.96. The van der Waals surface area contributed by atoms with Gasteiger partial charge in [-0.05, 0) is 13.8 Å². The average Bonchev–Trinajstić information content (AvgIpc) is 2.76. The lowest BCUT2D eigenvalue weighted by Gasteiger charge is -2.34. The Morgan fingerprint density at radius 1 is 1.53 bits per heavy atom. The molecule has 104 valence electrons. The number of morpholine rings is 1. The molecule has 0 amide bonds. The first-order chi connectivity index (χ1) is 8.95. The zero-order chi connectivity index (χ0) is 14.0. The Balaban J connectivity index is 1.98. The van der Waals surface area contributed by atoms with E-state index in [1.54, 1.807) is 0 Å². The van der Waals surface area contributed by atoms with Crippen LogP contribution in [-0.2, 0) is 4.74 Å². The lowest BCUT2D eigenvalue weighted by Crippen LogP contribution is -2.47. The van der Waals surface area contributed by atoms with E-state index in [2.05, 4.69) is 4.98 Å². The first-order valence-electron chi connectivity index (χ1n) is 6.19. The number of Topliss-reactive ketones (excluding diaryl/α,β-unsaturated/α-hetero) is 1. The number of H-pyrrole nitrogens is 1. The van der Waals surface area contributed by atoms with Gasteiger partial charge in [-0.2, -0.15) is 0 Å². The second kappa shape index (κ2) is 5.50. The Morgan fingerprint density at radius 3 is 2.68 bits per heavy atom. The van der Waals surface area contributed by atoms with Crippen molar-refractivity contribution in [2.45, 2.75) is 26.1 Å². The summed E-state index contributed by atoms with van der Waals surface area (Å²) in [4.78, 5) is 26.7. The molecule has 7 nitrogen and oxygen atoms in total. The summed E-state index contributed by atoms with van der Waals surface area (Å²) in [5.41, 5.74) is 0.186. The Hall–Kier alpha value is -1.73. The van der Waals surface area contributed by atoms with Crippen LogP contribution >= 0.6 is 0 Å². The van der Waals surface area contributed by atoms with Crippen molar-refractivity contribution in [2.24, 2.45) is 0 Å². The maximum absolute atomic E-state index is 12.0. The fourth-order valence-corrected chi connectivity index (χ4v) is 2.35. The number of ether oxygens (including phenoxy) is 1. The first-order valence-corrected chi connectivity index (χ1v) is 6.19. The molecule has 0 aromatic carbocycles. The zero-order valence-corrected chi connectivity index (χ0v) is 11.0. The lowest BCUT2D eigenvalue weighted by molar-refractivity contribution is -0.384. The predicted molar refractivity (Wildman–Crippen MR) is 68.2 cm³/mol. The molecule has 1 fully saturated rings. The smallest absolute Gasteiger partial charge is 0.287 e. The van der Waals surface area contributed by atoms with Crippen molar-refractivity contribution in [3.63, 3.8) is 0 Å². The summed E-state index contributed by atoms with van der Waals surface area (Å²) in [6.07, 6.45) is 1.42. The third-order valence-electron chi connectivity index (χ3n) is 3.04. The molecule has 19 heavy (non-hydrogen) atoms. The number of aromatic amines is 1. The van der Waals surface area contributed by atoms with E-state index >= 15 is 0 Å². The fraction of sp³-hybridized carbons (Fsp3) is 0.583. The third kappa shape index (κ3) is 3.39. The number of nitro groups is 1. The highest BCUT2D eigenvalue weighted by atomic mass is 16.6. The van der Waals surface area contributed by atoms with Crippen molar-refractivity contribution in [1.82, 2.24) is 9.88 Å². The Labute approximate surface area is 110 Å². The van der Waals surface area contributed by atoms with Crippen LogP contribution in [0.5, 0.6) is 0 Å². The summed E-state index contributed by atoms with van der Waals surface area (Å²) in [6.45, 7) is 5.56. The monoisotopic (exact) mass is 267 g/mol. The summed E-state index contributed by atoms with van der Waals surface area (Å²) in [6, 6.07) is 1.27. The molecule has 0 saturated carbocycles. The second-order valence-corrected chi connectivity index (χ2v) is 4.90. The van der Waals surface area contributed by atoms with E-state index < -0.39 is 4.92 Å². The number of hydrogen-bond acceptors (Lipinski definition) is 5. The van der Waals surface area contributed by atoms with Gasteiger partial charge in [0.25, 0.3) is 5.69 Å². The van der Waals surface area contributed by atoms with Gasteiger partial charge in [0.05, 0.1) is 35.6 Å². The Morgan fingerprint density at radius 2 is 2.16 bits per heavy atom. The van der Waals surface area contributed by atoms with Crippen molar-refractivity contribution in [3.05, 3.63) is 28.1 Å². The van der Waals surface area contributed by atoms with Gasteiger partial charge in [0.1, 0.15) is 0 Å². The van der Waals surface area contributed by atoms with Gasteiger partial charge in [0, 0.05) is 19.2 Å². The molecule has 0 spiro atoms. The molecule has 0 radical (unpaired) electrons. The molecule has 1 aromatic rings. The SMILES string of the molecule is C[C@@H]1CN(CC(=O)c2cc([N+](=O)[O-])c[nH]2)C[C@H](C)O1. The maximum atomic E-state index is 12.0. The van der Waals surface area contributed by atoms with E-state index in [0.29, 0.717) is 13.1 Å². The van der Waals surface area contributed by atoms with Gasteiger partial charge in [-0.3, -0.25) is 19.8 Å². The second-order valence-electron chi connectivity index (χ2n) is 4.90. The van der Waals surface area contributed by atoms with Crippen molar-refractivity contribution < 1.29 is 14.5 Å². The largest absolute Gasteiger partial charge is 0.373 e. The molecule has 1 aliphatic rings. The van der Waals surface area contributed by atoms with Crippen LogP contribution < -0.4 is 0 Å². The number of aromatic nitrogens is 1. The quantitative estimate of drug-likeness (QED) is 0.503. The van der Waals surface area contributed by atoms with Crippen molar-refractivity contribution >= 4 is 11.5 Å². The third-order valence-corrected chi connectivity index (χ3v) is 3.04. The van der Waals surface area contributed by atoms with E-state index in [-0.39, 0.29) is 35.9 Å². The molecule has 0 unspecified atom stereocenters. The summed E-state index contributed by atoms with van der Waals surface area (Å²) >= 11 is 0. The number of carbonyl (C=O) groups excluding carboxylic acids is 1. The molecule has 1 saturated heterocycles. The minimum absolute atomic E-state index is 0.0907. The van der Waals surface area contributed by atoms with Crippen LogP contribution in [0.4, 0.5) is 5.69 Å². The molecule has 0 bridgehead atoms. The van der Waals surface area contributed by atoms with Crippen LogP contribution in [0.2, 0.25) is 0 Å². The number of carbonyl (C=O) groups is 1. The summed E-state index contributed by atoms with van der Waals surface area (Å²) in [7, 11) is 0. The lowest BCUT2D eigenvalue weighted by atomic mass is 10.2. The van der Waals surface area contributed by atoms with Gasteiger partial charge in [-0.15, -0.1) is 0 Å². The van der Waals surface area contributed by atoms with Crippen LogP contribution in [-0.4, -0.2) is 52.4 Å². The number of nitrogens with one attached hydrogen (secondary N) is 1. The van der Waals surface area contributed by atoms with E-state index in [4.69, 9.17) is 4.74 Å². The van der Waals surface area contributed by atoms with Gasteiger partial charge < -0.3 is 9.72 Å². The predicted octanol–water partition coefficient (Wildman–Crippen LogP) is 1.21. The van der Waals surface area contributed by atoms with Crippen LogP contribution in [0, 0.1) is 10.1 Å². The van der Waals surface area contributed by atoms with Crippen LogP contribution in [0.1, 0.15) is 24.3 Å². The van der Waals surface area contributed by atoms with Gasteiger partial charge in [-0.25, -0.2) is 0 Å². The van der Waals surface area contributed by atoms with Gasteiger partial charge in [0.2, 0.25) is 0 Å². The number of nitrogens with zero attached hydrogens (tertiary/aromatic N) is 2. The highest BCUT2D eigenvalue weighted by Gasteiger charge is 2.25. The topological polar surface area (TPSA) is 88.5 Å². The summed E-state index contributed by atoms with van der Waals surface area (Å²) in [5, 5.41) is 10.6. The van der Waals surface area contributed by atoms with Gasteiger partial charge in [0.15, 0.2) is 5.78 Å². The van der Waals surface area contributed by atoms with Crippen LogP contribution in [0.3, 0.4) is 0 Å². The Bertz CT molecular complexity index is 475. The molecule has 2 atom stereocenters. The summed E-state index contributed by atoms with van der Waals surface area (Å²) in [5.74, 6) is -0.144. The van der Waals surface area contributed by atoms with Gasteiger partial charge in [-0.1, -0.05) is 0 Å². The highest BCUT2D eigenvalue weighted by Crippen LogP contribution is 2.15. The molecule has 1 N–H and O–H groups in total. The van der Waals surface area contributed by atoms with Crippen molar-refractivity contribution in [3.8, 4) is 0 Å². The molecule has 7 heteroatoms. The van der Waals surface area contributed by atoms with E-state index in [9.17, 15) is 14.9 Å². The molecule has 1 aromatic heterocycles. The number of hydrogen-bond donors (Lipinski definition) is 1. The van der Waals surface area contributed by atoms with Crippen molar-refractivity contribution in [2.75, 3.05) is 19.6 Å². The maximum Gasteiger partial charge on any atom is 0.287 e. The zero-order valence-electron chi connectivity index (χ0n) is 11.0. The average molecular weight is 267 g/mol. The number of rotatable bonds is 4. The van der Waals surface area contributed by atoms with E-state index in [1.807, 2.05) is 18.7 Å². The Kier molecular flexibility index (Phi) is 3.96. The minimum atomic E-state index is -0.522. The van der Waals surface area contributed by atoms with Crippen molar-refractivity contribution in [1.29, 1.82) is 0 Å². The first kappa shape index (κ1) is 13.7. The fourth-order valence-electron chi connectivity index (χ4n) is 2.35. The van der Waals surface area contributed by atoms with Crippen LogP contribution in [0.15, 0.2) is 12.3 Å². The minimum Gasteiger partial charge on any atom is -0.373 e. The van der Waals surface area contributed by atoms with E-state index in [0.717, 1.165) is 0 Å². The van der Waals surface area contributed by atoms with E-state index in [1.165, 1.54) is 12.3 Å². The molecular formula is C12H17N3O4. The normalized spacial score (nSPS) is 24.3. The molecule has 0 aliphatic carbocycles. The van der Waals surface area contributed by atoms with Gasteiger partial charge >= 0.3 is 0 Å². The molecule has 2 rings (SSSR count). The standard InChI is InChI=1S/C12H17N3O4/c1-8-5-14(6-9(2)19-8)7-12(16)11-3-10(4-13-11)15(17)18/h3-4,8-9,13H,5-7H2,1-2H3/t8-,9+. The molecular weight excluding hydrogens is 250 g/mol. The molecule has 2 heterocycles. The summed E-state index contributed by atoms with van der Waals surface area (Å²) < 4.78 is 5.59. The number of ketones is 1. The molecule has 1 aliphatic heterocycles. The van der Waals surface area contributed by atoms with Crippen LogP contribution in [0.25, 0.3) is 0 Å².